The standard InChI is InChI=1S/C15H20N2O4S/c1-21-8-2-6-16-22(19,20)13-9-11-3-4-14(18)17-7-5-12(10-13)15(11)17/h9-10,16H,2-8H2,1H3. The van der Waals surface area contributed by atoms with Crippen LogP contribution in [0.2, 0.25) is 0 Å². The molecule has 1 amide bonds. The van der Waals surface area contributed by atoms with Crippen LogP contribution in [0.3, 0.4) is 0 Å². The minimum atomic E-state index is -3.51. The van der Waals surface area contributed by atoms with Gasteiger partial charge in [0, 0.05) is 33.2 Å². The molecule has 2 aliphatic heterocycles. The second-order valence-corrected chi connectivity index (χ2v) is 7.40. The molecule has 1 aromatic carbocycles. The summed E-state index contributed by atoms with van der Waals surface area (Å²) in [5.41, 5.74) is 2.87. The van der Waals surface area contributed by atoms with Crippen molar-refractivity contribution in [3.8, 4) is 0 Å². The average molecular weight is 324 g/mol. The van der Waals surface area contributed by atoms with Gasteiger partial charge in [-0.2, -0.15) is 0 Å². The third kappa shape index (κ3) is 2.76. The van der Waals surface area contributed by atoms with Crippen LogP contribution in [-0.4, -0.2) is 41.1 Å². The molecule has 3 rings (SSSR count). The number of nitrogens with zero attached hydrogens (tertiary/aromatic N) is 1. The second kappa shape index (κ2) is 5.98. The normalized spacial score (nSPS) is 17.0. The van der Waals surface area contributed by atoms with Crippen LogP contribution in [-0.2, 0) is 32.4 Å². The Morgan fingerprint density at radius 1 is 1.23 bits per heavy atom. The van der Waals surface area contributed by atoms with Crippen LogP contribution in [0.1, 0.15) is 24.0 Å². The summed E-state index contributed by atoms with van der Waals surface area (Å²) in [7, 11) is -1.92. The first-order chi connectivity index (χ1) is 10.5. The van der Waals surface area contributed by atoms with Gasteiger partial charge in [-0.3, -0.25) is 4.79 Å². The second-order valence-electron chi connectivity index (χ2n) is 5.63. The molecule has 0 radical (unpaired) electrons. The highest BCUT2D eigenvalue weighted by Crippen LogP contribution is 2.38. The first kappa shape index (κ1) is 15.5. The number of carbonyl (C=O) groups excluding carboxylic acids is 1. The highest BCUT2D eigenvalue weighted by Gasteiger charge is 2.32. The third-order valence-corrected chi connectivity index (χ3v) is 5.59. The van der Waals surface area contributed by atoms with E-state index in [-0.39, 0.29) is 5.91 Å². The van der Waals surface area contributed by atoms with Gasteiger partial charge in [-0.15, -0.1) is 0 Å². The van der Waals surface area contributed by atoms with Crippen molar-refractivity contribution < 1.29 is 17.9 Å². The summed E-state index contributed by atoms with van der Waals surface area (Å²) in [5.74, 6) is 0.138. The van der Waals surface area contributed by atoms with Crippen molar-refractivity contribution in [1.29, 1.82) is 0 Å². The van der Waals surface area contributed by atoms with Crippen LogP contribution < -0.4 is 9.62 Å². The molecule has 120 valence electrons. The molecule has 6 nitrogen and oxygen atoms in total. The summed E-state index contributed by atoms with van der Waals surface area (Å²) >= 11 is 0. The summed E-state index contributed by atoms with van der Waals surface area (Å²) < 4.78 is 32.3. The van der Waals surface area contributed by atoms with E-state index >= 15 is 0 Å². The number of sulfonamides is 1. The topological polar surface area (TPSA) is 75.7 Å². The molecule has 2 aliphatic rings. The van der Waals surface area contributed by atoms with Gasteiger partial charge in [0.1, 0.15) is 0 Å². The Hall–Kier alpha value is -1.44. The zero-order chi connectivity index (χ0) is 15.7. The van der Waals surface area contributed by atoms with Crippen molar-refractivity contribution >= 4 is 21.6 Å². The molecule has 0 aromatic heterocycles. The Morgan fingerprint density at radius 2 is 1.95 bits per heavy atom. The van der Waals surface area contributed by atoms with Crippen molar-refractivity contribution in [3.05, 3.63) is 23.3 Å². The van der Waals surface area contributed by atoms with Crippen molar-refractivity contribution in [2.24, 2.45) is 0 Å². The summed E-state index contributed by atoms with van der Waals surface area (Å²) in [6.45, 7) is 1.54. The third-order valence-electron chi connectivity index (χ3n) is 4.15. The molecule has 22 heavy (non-hydrogen) atoms. The maximum absolute atomic E-state index is 12.4. The lowest BCUT2D eigenvalue weighted by Crippen LogP contribution is -2.33. The molecule has 0 saturated heterocycles. The fraction of sp³-hybridized carbons (Fsp3) is 0.533. The van der Waals surface area contributed by atoms with Crippen molar-refractivity contribution in [3.63, 3.8) is 0 Å². The van der Waals surface area contributed by atoms with E-state index in [1.807, 2.05) is 0 Å². The fourth-order valence-electron chi connectivity index (χ4n) is 3.09. The monoisotopic (exact) mass is 324 g/mol. The molecule has 0 atom stereocenters. The number of rotatable bonds is 6. The Labute approximate surface area is 130 Å². The lowest BCUT2D eigenvalue weighted by molar-refractivity contribution is -0.118. The number of hydrogen-bond acceptors (Lipinski definition) is 4. The van der Waals surface area contributed by atoms with E-state index in [0.29, 0.717) is 43.9 Å². The van der Waals surface area contributed by atoms with E-state index in [9.17, 15) is 13.2 Å². The number of methoxy groups -OCH3 is 1. The Balaban J connectivity index is 1.86. The molecule has 1 aromatic rings. The molecule has 1 N–H and O–H groups in total. The van der Waals surface area contributed by atoms with Gasteiger partial charge in [0.2, 0.25) is 15.9 Å². The number of hydrogen-bond donors (Lipinski definition) is 1. The Bertz CT molecular complexity index is 700. The minimum Gasteiger partial charge on any atom is -0.385 e. The van der Waals surface area contributed by atoms with Crippen molar-refractivity contribution in [1.82, 2.24) is 4.72 Å². The molecular formula is C15H20N2O4S. The molecule has 0 spiro atoms. The highest BCUT2D eigenvalue weighted by atomic mass is 32.2. The Morgan fingerprint density at radius 3 is 2.68 bits per heavy atom. The molecule has 0 unspecified atom stereocenters. The predicted molar refractivity (Wildman–Crippen MR) is 82.5 cm³/mol. The lowest BCUT2D eigenvalue weighted by Gasteiger charge is -2.25. The van der Waals surface area contributed by atoms with Crippen LogP contribution in [0.25, 0.3) is 0 Å². The van der Waals surface area contributed by atoms with Gasteiger partial charge in [0.25, 0.3) is 0 Å². The van der Waals surface area contributed by atoms with E-state index in [1.54, 1.807) is 24.1 Å². The zero-order valence-electron chi connectivity index (χ0n) is 12.6. The van der Waals surface area contributed by atoms with E-state index < -0.39 is 10.0 Å². The number of ether oxygens (including phenoxy) is 1. The number of aryl methyl sites for hydroxylation is 1. The zero-order valence-corrected chi connectivity index (χ0v) is 13.4. The number of amides is 1. The predicted octanol–water partition coefficient (Wildman–Crippen LogP) is 0.837. The summed E-state index contributed by atoms with van der Waals surface area (Å²) in [6.07, 6.45) is 2.43. The fourth-order valence-corrected chi connectivity index (χ4v) is 4.26. The number of benzene rings is 1. The van der Waals surface area contributed by atoms with E-state index in [1.165, 1.54) is 0 Å². The van der Waals surface area contributed by atoms with E-state index in [0.717, 1.165) is 23.2 Å². The first-order valence-corrected chi connectivity index (χ1v) is 8.96. The van der Waals surface area contributed by atoms with Gasteiger partial charge < -0.3 is 9.64 Å². The van der Waals surface area contributed by atoms with Crippen LogP contribution in [0, 0.1) is 0 Å². The van der Waals surface area contributed by atoms with Crippen LogP contribution >= 0.6 is 0 Å². The van der Waals surface area contributed by atoms with E-state index in [4.69, 9.17) is 4.74 Å². The average Bonchev–Trinajstić information content (AvgIpc) is 2.93. The van der Waals surface area contributed by atoms with Crippen LogP contribution in [0.15, 0.2) is 17.0 Å². The lowest BCUT2D eigenvalue weighted by atomic mass is 10.00. The van der Waals surface area contributed by atoms with Gasteiger partial charge in [0.15, 0.2) is 0 Å². The first-order valence-electron chi connectivity index (χ1n) is 7.47. The van der Waals surface area contributed by atoms with Gasteiger partial charge in [-0.25, -0.2) is 13.1 Å². The smallest absolute Gasteiger partial charge is 0.240 e. The number of carbonyl (C=O) groups is 1. The maximum Gasteiger partial charge on any atom is 0.240 e. The highest BCUT2D eigenvalue weighted by molar-refractivity contribution is 7.89. The largest absolute Gasteiger partial charge is 0.385 e. The molecule has 0 aliphatic carbocycles. The van der Waals surface area contributed by atoms with Crippen molar-refractivity contribution in [2.45, 2.75) is 30.6 Å². The van der Waals surface area contributed by atoms with E-state index in [2.05, 4.69) is 4.72 Å². The Kier molecular flexibility index (Phi) is 4.20. The van der Waals surface area contributed by atoms with Gasteiger partial charge >= 0.3 is 0 Å². The van der Waals surface area contributed by atoms with Crippen LogP contribution in [0.4, 0.5) is 5.69 Å². The SMILES string of the molecule is COCCCNS(=O)(=O)c1cc2c3c(c1)CCN3C(=O)CC2. The molecule has 0 saturated carbocycles. The number of nitrogens with one attached hydrogen (secondary N) is 1. The van der Waals surface area contributed by atoms with Crippen LogP contribution in [0.5, 0.6) is 0 Å². The molecule has 0 bridgehead atoms. The molecule has 0 fully saturated rings. The van der Waals surface area contributed by atoms with Crippen molar-refractivity contribution in [2.75, 3.05) is 31.7 Å². The van der Waals surface area contributed by atoms with Gasteiger partial charge in [-0.05, 0) is 42.5 Å². The summed E-state index contributed by atoms with van der Waals surface area (Å²) in [6, 6.07) is 3.42. The summed E-state index contributed by atoms with van der Waals surface area (Å²) in [4.78, 5) is 14.0. The molecule has 7 heteroatoms. The quantitative estimate of drug-likeness (QED) is 0.787. The number of anilines is 1. The summed E-state index contributed by atoms with van der Waals surface area (Å²) in [5, 5.41) is 0. The van der Waals surface area contributed by atoms with Gasteiger partial charge in [-0.1, -0.05) is 0 Å². The molecular weight excluding hydrogens is 304 g/mol. The maximum atomic E-state index is 12.4. The minimum absolute atomic E-state index is 0.138. The molecule has 2 heterocycles. The van der Waals surface area contributed by atoms with Gasteiger partial charge in [0.05, 0.1) is 10.6 Å².